The molecule has 1 aromatic heterocycles. The highest BCUT2D eigenvalue weighted by molar-refractivity contribution is 5.96. The number of carbonyl (C=O) groups is 1. The summed E-state index contributed by atoms with van der Waals surface area (Å²) in [6.07, 6.45) is 0.659. The Kier molecular flexibility index (Phi) is 4.40. The van der Waals surface area contributed by atoms with E-state index in [2.05, 4.69) is 20.8 Å². The highest BCUT2D eigenvalue weighted by Crippen LogP contribution is 2.25. The predicted octanol–water partition coefficient (Wildman–Crippen LogP) is 1.27. The number of hydrogen-bond acceptors (Lipinski definition) is 6. The van der Waals surface area contributed by atoms with Gasteiger partial charge in [0.25, 0.3) is 5.89 Å². The lowest BCUT2D eigenvalue weighted by Crippen LogP contribution is -2.35. The summed E-state index contributed by atoms with van der Waals surface area (Å²) < 4.78 is 5.24. The lowest BCUT2D eigenvalue weighted by molar-refractivity contribution is -0.117. The number of benzene rings is 1. The molecule has 1 saturated heterocycles. The van der Waals surface area contributed by atoms with E-state index >= 15 is 0 Å². The number of aliphatic hydroxyl groups excluding tert-OH is 1. The molecule has 1 aliphatic heterocycles. The van der Waals surface area contributed by atoms with Crippen molar-refractivity contribution in [2.45, 2.75) is 38.8 Å². The first-order valence-corrected chi connectivity index (χ1v) is 7.72. The van der Waals surface area contributed by atoms with Gasteiger partial charge in [-0.2, -0.15) is 4.98 Å². The first-order valence-electron chi connectivity index (χ1n) is 7.72. The van der Waals surface area contributed by atoms with Crippen molar-refractivity contribution in [3.63, 3.8) is 0 Å². The van der Waals surface area contributed by atoms with E-state index in [1.54, 1.807) is 0 Å². The summed E-state index contributed by atoms with van der Waals surface area (Å²) in [6, 6.07) is 5.24. The van der Waals surface area contributed by atoms with Crippen LogP contribution in [0.1, 0.15) is 24.7 Å². The first-order chi connectivity index (χ1) is 11.1. The third-order valence-electron chi connectivity index (χ3n) is 3.95. The van der Waals surface area contributed by atoms with Crippen molar-refractivity contribution in [1.82, 2.24) is 15.5 Å². The zero-order chi connectivity index (χ0) is 16.4. The molecule has 0 saturated carbocycles. The smallest absolute Gasteiger partial charge is 0.257 e. The highest BCUT2D eigenvalue weighted by atomic mass is 16.5. The van der Waals surface area contributed by atoms with Crippen molar-refractivity contribution in [3.05, 3.63) is 29.6 Å². The molecular weight excluding hydrogens is 296 g/mol. The van der Waals surface area contributed by atoms with Crippen LogP contribution in [0.2, 0.25) is 0 Å². The highest BCUT2D eigenvalue weighted by Gasteiger charge is 2.28. The van der Waals surface area contributed by atoms with Crippen molar-refractivity contribution < 1.29 is 14.4 Å². The van der Waals surface area contributed by atoms with Crippen LogP contribution in [0.25, 0.3) is 11.5 Å². The molecule has 7 heteroatoms. The fourth-order valence-electron chi connectivity index (χ4n) is 2.54. The van der Waals surface area contributed by atoms with Gasteiger partial charge in [0, 0.05) is 24.2 Å². The topological polar surface area (TPSA) is 100 Å². The molecule has 2 heterocycles. The molecule has 2 unspecified atom stereocenters. The molecule has 7 nitrogen and oxygen atoms in total. The molecule has 0 aliphatic carbocycles. The second kappa shape index (κ2) is 6.47. The third kappa shape index (κ3) is 3.40. The number of aromatic nitrogens is 2. The molecule has 2 aromatic rings. The number of β-amino-alcohol motifs (C(OH)–C–C–N with tert-alkyl or cyclic N) is 1. The van der Waals surface area contributed by atoms with Crippen LogP contribution in [0.4, 0.5) is 5.69 Å². The number of hydrogen-bond donors (Lipinski definition) is 3. The number of rotatable bonds is 4. The van der Waals surface area contributed by atoms with Gasteiger partial charge in [-0.05, 0) is 31.0 Å². The molecule has 0 bridgehead atoms. The van der Waals surface area contributed by atoms with E-state index in [0.717, 1.165) is 11.1 Å². The average Bonchev–Trinajstić information content (AvgIpc) is 3.18. The molecule has 122 valence electrons. The van der Waals surface area contributed by atoms with Gasteiger partial charge in [-0.3, -0.25) is 4.79 Å². The molecule has 0 radical (unpaired) electrons. The lowest BCUT2D eigenvalue weighted by Gasteiger charge is -2.13. The second-order valence-corrected chi connectivity index (χ2v) is 5.74. The van der Waals surface area contributed by atoms with E-state index in [-0.39, 0.29) is 11.9 Å². The number of nitrogens with zero attached hydrogens (tertiary/aromatic N) is 2. The lowest BCUT2D eigenvalue weighted by atomic mass is 10.1. The maximum absolute atomic E-state index is 12.3. The molecule has 3 rings (SSSR count). The summed E-state index contributed by atoms with van der Waals surface area (Å²) in [7, 11) is 0. The molecule has 0 spiro atoms. The summed E-state index contributed by atoms with van der Waals surface area (Å²) in [5.74, 6) is 0.934. The molecule has 1 fully saturated rings. The number of amides is 1. The molecule has 2 atom stereocenters. The first kappa shape index (κ1) is 15.6. The number of anilines is 1. The number of nitrogens with one attached hydrogen (secondary N) is 2. The van der Waals surface area contributed by atoms with Gasteiger partial charge in [0.1, 0.15) is 0 Å². The van der Waals surface area contributed by atoms with Crippen LogP contribution >= 0.6 is 0 Å². The van der Waals surface area contributed by atoms with Gasteiger partial charge in [-0.1, -0.05) is 18.1 Å². The Morgan fingerprint density at radius 3 is 3.00 bits per heavy atom. The Balaban J connectivity index is 1.79. The van der Waals surface area contributed by atoms with E-state index in [4.69, 9.17) is 4.52 Å². The van der Waals surface area contributed by atoms with Crippen LogP contribution in [-0.4, -0.2) is 39.8 Å². The van der Waals surface area contributed by atoms with Crippen molar-refractivity contribution in [2.75, 3.05) is 11.9 Å². The van der Waals surface area contributed by atoms with Gasteiger partial charge in [0.2, 0.25) is 5.91 Å². The van der Waals surface area contributed by atoms with E-state index in [9.17, 15) is 9.90 Å². The van der Waals surface area contributed by atoms with Crippen LogP contribution < -0.4 is 10.6 Å². The zero-order valence-corrected chi connectivity index (χ0v) is 13.2. The SMILES string of the molecule is CCc1noc(-c2ccc(C)c(NC(=O)C3CC(O)CN3)c2)n1. The second-order valence-electron chi connectivity index (χ2n) is 5.74. The van der Waals surface area contributed by atoms with Gasteiger partial charge >= 0.3 is 0 Å². The van der Waals surface area contributed by atoms with Gasteiger partial charge in [0.05, 0.1) is 12.1 Å². The summed E-state index contributed by atoms with van der Waals surface area (Å²) in [4.78, 5) is 16.6. The normalized spacial score (nSPS) is 20.7. The summed E-state index contributed by atoms with van der Waals surface area (Å²) in [6.45, 7) is 4.32. The minimum atomic E-state index is -0.468. The minimum absolute atomic E-state index is 0.151. The number of aliphatic hydroxyl groups is 1. The van der Waals surface area contributed by atoms with Gasteiger partial charge in [0.15, 0.2) is 5.82 Å². The van der Waals surface area contributed by atoms with Crippen LogP contribution in [0.3, 0.4) is 0 Å². The quantitative estimate of drug-likeness (QED) is 0.785. The fourth-order valence-corrected chi connectivity index (χ4v) is 2.54. The maximum Gasteiger partial charge on any atom is 0.257 e. The monoisotopic (exact) mass is 316 g/mol. The molecule has 1 aromatic carbocycles. The third-order valence-corrected chi connectivity index (χ3v) is 3.95. The van der Waals surface area contributed by atoms with Crippen molar-refractivity contribution >= 4 is 11.6 Å². The molecule has 1 aliphatic rings. The number of aryl methyl sites for hydroxylation is 2. The van der Waals surface area contributed by atoms with Crippen LogP contribution in [0, 0.1) is 6.92 Å². The van der Waals surface area contributed by atoms with E-state index < -0.39 is 6.10 Å². The largest absolute Gasteiger partial charge is 0.392 e. The van der Waals surface area contributed by atoms with Crippen molar-refractivity contribution in [3.8, 4) is 11.5 Å². The predicted molar refractivity (Wildman–Crippen MR) is 84.9 cm³/mol. The van der Waals surface area contributed by atoms with E-state index in [1.165, 1.54) is 0 Å². The minimum Gasteiger partial charge on any atom is -0.392 e. The molecule has 1 amide bonds. The fraction of sp³-hybridized carbons (Fsp3) is 0.438. The maximum atomic E-state index is 12.3. The van der Waals surface area contributed by atoms with Gasteiger partial charge < -0.3 is 20.3 Å². The van der Waals surface area contributed by atoms with Crippen molar-refractivity contribution in [1.29, 1.82) is 0 Å². The van der Waals surface area contributed by atoms with Crippen LogP contribution in [0.15, 0.2) is 22.7 Å². The van der Waals surface area contributed by atoms with Crippen LogP contribution in [0.5, 0.6) is 0 Å². The Morgan fingerprint density at radius 2 is 2.35 bits per heavy atom. The molecular formula is C16H20N4O3. The van der Waals surface area contributed by atoms with E-state index in [1.807, 2.05) is 32.0 Å². The van der Waals surface area contributed by atoms with E-state index in [0.29, 0.717) is 36.8 Å². The summed E-state index contributed by atoms with van der Waals surface area (Å²) in [5.41, 5.74) is 2.40. The van der Waals surface area contributed by atoms with Gasteiger partial charge in [-0.15, -0.1) is 0 Å². The van der Waals surface area contributed by atoms with Crippen molar-refractivity contribution in [2.24, 2.45) is 0 Å². The van der Waals surface area contributed by atoms with Crippen LogP contribution in [-0.2, 0) is 11.2 Å². The number of carbonyl (C=O) groups excluding carboxylic acids is 1. The zero-order valence-electron chi connectivity index (χ0n) is 13.2. The molecule has 3 N–H and O–H groups in total. The standard InChI is InChI=1S/C16H20N4O3/c1-3-14-19-16(23-20-14)10-5-4-9(2)12(6-10)18-15(22)13-7-11(21)8-17-13/h4-6,11,13,17,21H,3,7-8H2,1-2H3,(H,18,22). The van der Waals surface area contributed by atoms with Gasteiger partial charge in [-0.25, -0.2) is 0 Å². The Morgan fingerprint density at radius 1 is 1.52 bits per heavy atom. The Labute approximate surface area is 134 Å². The average molecular weight is 316 g/mol. The molecule has 23 heavy (non-hydrogen) atoms. The Hall–Kier alpha value is -2.25. The summed E-state index contributed by atoms with van der Waals surface area (Å²) in [5, 5.41) is 19.3. The summed E-state index contributed by atoms with van der Waals surface area (Å²) >= 11 is 0. The Bertz CT molecular complexity index is 713.